The number of rotatable bonds is 6. The summed E-state index contributed by atoms with van der Waals surface area (Å²) in [5, 5.41) is 13.4. The van der Waals surface area contributed by atoms with Crippen LogP contribution < -0.4 is 10.6 Å². The summed E-state index contributed by atoms with van der Waals surface area (Å²) < 4.78 is 0. The number of carbonyl (C=O) groups is 4. The Morgan fingerprint density at radius 1 is 1.32 bits per heavy atom. The molecule has 1 aromatic rings. The SMILES string of the molecule is O=C(O)CCNC(=O)c1cccc(CN2C(=O)CNC2=O)c1. The second-order valence-electron chi connectivity index (χ2n) is 4.74. The van der Waals surface area contributed by atoms with Crippen molar-refractivity contribution in [2.75, 3.05) is 13.1 Å². The monoisotopic (exact) mass is 305 g/mol. The van der Waals surface area contributed by atoms with Crippen LogP contribution in [-0.2, 0) is 16.1 Å². The van der Waals surface area contributed by atoms with Crippen molar-refractivity contribution in [2.45, 2.75) is 13.0 Å². The zero-order valence-electron chi connectivity index (χ0n) is 11.7. The maximum atomic E-state index is 11.9. The van der Waals surface area contributed by atoms with Gasteiger partial charge >= 0.3 is 12.0 Å². The summed E-state index contributed by atoms with van der Waals surface area (Å²) in [7, 11) is 0. The molecular weight excluding hydrogens is 290 g/mol. The van der Waals surface area contributed by atoms with Crippen molar-refractivity contribution < 1.29 is 24.3 Å². The lowest BCUT2D eigenvalue weighted by atomic mass is 10.1. The highest BCUT2D eigenvalue weighted by Gasteiger charge is 2.28. The van der Waals surface area contributed by atoms with Gasteiger partial charge in [0.1, 0.15) is 0 Å². The number of urea groups is 1. The number of carboxylic acids is 1. The van der Waals surface area contributed by atoms with E-state index in [1.807, 2.05) is 0 Å². The Hall–Kier alpha value is -2.90. The van der Waals surface area contributed by atoms with E-state index >= 15 is 0 Å². The van der Waals surface area contributed by atoms with Crippen LogP contribution >= 0.6 is 0 Å². The van der Waals surface area contributed by atoms with E-state index in [-0.39, 0.29) is 32.0 Å². The minimum absolute atomic E-state index is 0.0196. The van der Waals surface area contributed by atoms with Gasteiger partial charge in [0.05, 0.1) is 19.5 Å². The van der Waals surface area contributed by atoms with Gasteiger partial charge in [0, 0.05) is 12.1 Å². The summed E-state index contributed by atoms with van der Waals surface area (Å²) in [6, 6.07) is 6.02. The molecule has 8 heteroatoms. The topological polar surface area (TPSA) is 116 Å². The van der Waals surface area contributed by atoms with Crippen molar-refractivity contribution >= 4 is 23.8 Å². The Morgan fingerprint density at radius 2 is 2.09 bits per heavy atom. The van der Waals surface area contributed by atoms with Crippen LogP contribution in [0, 0.1) is 0 Å². The number of benzene rings is 1. The number of imide groups is 1. The third-order valence-electron chi connectivity index (χ3n) is 3.09. The van der Waals surface area contributed by atoms with Crippen LogP contribution in [0.3, 0.4) is 0 Å². The van der Waals surface area contributed by atoms with Crippen LogP contribution in [0.25, 0.3) is 0 Å². The molecule has 1 aromatic carbocycles. The van der Waals surface area contributed by atoms with Gasteiger partial charge in [0.2, 0.25) is 5.91 Å². The lowest BCUT2D eigenvalue weighted by Crippen LogP contribution is -2.30. The van der Waals surface area contributed by atoms with Gasteiger partial charge in [0.15, 0.2) is 0 Å². The molecule has 0 unspecified atom stereocenters. The average molecular weight is 305 g/mol. The molecule has 116 valence electrons. The van der Waals surface area contributed by atoms with E-state index < -0.39 is 17.9 Å². The first-order chi connectivity index (χ1) is 10.5. The summed E-state index contributed by atoms with van der Waals surface area (Å²) in [4.78, 5) is 46.3. The number of aliphatic carboxylic acids is 1. The Labute approximate surface area is 126 Å². The molecule has 4 amide bonds. The Morgan fingerprint density at radius 3 is 2.73 bits per heavy atom. The highest BCUT2D eigenvalue weighted by atomic mass is 16.4. The molecule has 1 saturated heterocycles. The lowest BCUT2D eigenvalue weighted by molar-refractivity contribution is -0.136. The molecule has 0 bridgehead atoms. The fraction of sp³-hybridized carbons (Fsp3) is 0.286. The van der Waals surface area contributed by atoms with E-state index in [0.717, 1.165) is 4.90 Å². The van der Waals surface area contributed by atoms with Crippen molar-refractivity contribution in [2.24, 2.45) is 0 Å². The van der Waals surface area contributed by atoms with Crippen molar-refractivity contribution in [1.29, 1.82) is 0 Å². The van der Waals surface area contributed by atoms with Crippen molar-refractivity contribution in [3.8, 4) is 0 Å². The van der Waals surface area contributed by atoms with Crippen LogP contribution in [0.4, 0.5) is 4.79 Å². The Bertz CT molecular complexity index is 613. The van der Waals surface area contributed by atoms with E-state index in [1.165, 1.54) is 0 Å². The summed E-state index contributed by atoms with van der Waals surface area (Å²) in [6.07, 6.45) is -0.159. The van der Waals surface area contributed by atoms with Crippen molar-refractivity contribution in [1.82, 2.24) is 15.5 Å². The van der Waals surface area contributed by atoms with E-state index in [9.17, 15) is 19.2 Å². The molecule has 2 rings (SSSR count). The first-order valence-electron chi connectivity index (χ1n) is 6.64. The fourth-order valence-corrected chi connectivity index (χ4v) is 1.99. The Balaban J connectivity index is 2.00. The van der Waals surface area contributed by atoms with Crippen molar-refractivity contribution in [3.63, 3.8) is 0 Å². The van der Waals surface area contributed by atoms with Crippen LogP contribution in [0.1, 0.15) is 22.3 Å². The Kier molecular flexibility index (Phi) is 4.72. The molecule has 0 aromatic heterocycles. The van der Waals surface area contributed by atoms with Gasteiger partial charge in [-0.05, 0) is 17.7 Å². The first-order valence-corrected chi connectivity index (χ1v) is 6.64. The summed E-state index contributed by atoms with van der Waals surface area (Å²) >= 11 is 0. The molecule has 1 aliphatic rings. The average Bonchev–Trinajstić information content (AvgIpc) is 2.79. The van der Waals surface area contributed by atoms with E-state index in [2.05, 4.69) is 10.6 Å². The number of carboxylic acid groups (broad SMARTS) is 1. The third-order valence-corrected chi connectivity index (χ3v) is 3.09. The van der Waals surface area contributed by atoms with Gasteiger partial charge < -0.3 is 15.7 Å². The summed E-state index contributed by atoms with van der Waals surface area (Å²) in [5.74, 6) is -1.71. The molecular formula is C14H15N3O5. The standard InChI is InChI=1S/C14H15N3O5/c18-11-7-16-14(22)17(11)8-9-2-1-3-10(6-9)13(21)15-5-4-12(19)20/h1-3,6H,4-5,7-8H2,(H,15,21)(H,16,22)(H,19,20). The number of carbonyl (C=O) groups excluding carboxylic acids is 3. The van der Waals surface area contributed by atoms with Gasteiger partial charge in [-0.1, -0.05) is 12.1 Å². The second kappa shape index (κ2) is 6.70. The molecule has 0 radical (unpaired) electrons. The minimum Gasteiger partial charge on any atom is -0.481 e. The summed E-state index contributed by atoms with van der Waals surface area (Å²) in [6.45, 7) is 0.0977. The second-order valence-corrected chi connectivity index (χ2v) is 4.74. The molecule has 1 heterocycles. The first kappa shape index (κ1) is 15.5. The van der Waals surface area contributed by atoms with Gasteiger partial charge in [-0.25, -0.2) is 4.79 Å². The maximum Gasteiger partial charge on any atom is 0.324 e. The molecule has 22 heavy (non-hydrogen) atoms. The van der Waals surface area contributed by atoms with Crippen LogP contribution in [-0.4, -0.2) is 46.9 Å². The molecule has 1 aliphatic heterocycles. The number of hydrogen-bond acceptors (Lipinski definition) is 4. The normalized spacial score (nSPS) is 13.9. The predicted octanol–water partition coefficient (Wildman–Crippen LogP) is -0.0571. The number of nitrogens with one attached hydrogen (secondary N) is 2. The van der Waals surface area contributed by atoms with Crippen LogP contribution in [0.15, 0.2) is 24.3 Å². The van der Waals surface area contributed by atoms with Gasteiger partial charge in [0.25, 0.3) is 5.91 Å². The fourth-order valence-electron chi connectivity index (χ4n) is 1.99. The number of nitrogens with zero attached hydrogens (tertiary/aromatic N) is 1. The molecule has 1 fully saturated rings. The molecule has 0 saturated carbocycles. The van der Waals surface area contributed by atoms with Gasteiger partial charge in [-0.2, -0.15) is 0 Å². The van der Waals surface area contributed by atoms with Crippen molar-refractivity contribution in [3.05, 3.63) is 35.4 Å². The molecule has 0 aliphatic carbocycles. The molecule has 0 atom stereocenters. The van der Waals surface area contributed by atoms with Crippen LogP contribution in [0.5, 0.6) is 0 Å². The van der Waals surface area contributed by atoms with Gasteiger partial charge in [-0.3, -0.25) is 19.3 Å². The highest BCUT2D eigenvalue weighted by molar-refractivity contribution is 6.02. The zero-order valence-corrected chi connectivity index (χ0v) is 11.7. The largest absolute Gasteiger partial charge is 0.481 e. The van der Waals surface area contributed by atoms with E-state index in [0.29, 0.717) is 11.1 Å². The van der Waals surface area contributed by atoms with Crippen LogP contribution in [0.2, 0.25) is 0 Å². The molecule has 8 nitrogen and oxygen atoms in total. The van der Waals surface area contributed by atoms with Gasteiger partial charge in [-0.15, -0.1) is 0 Å². The predicted molar refractivity (Wildman–Crippen MR) is 75.0 cm³/mol. The maximum absolute atomic E-state index is 11.9. The summed E-state index contributed by atoms with van der Waals surface area (Å²) in [5.41, 5.74) is 0.978. The van der Waals surface area contributed by atoms with E-state index in [1.54, 1.807) is 24.3 Å². The third kappa shape index (κ3) is 3.81. The molecule has 3 N–H and O–H groups in total. The quantitative estimate of drug-likeness (QED) is 0.637. The smallest absolute Gasteiger partial charge is 0.324 e. The number of amides is 4. The zero-order chi connectivity index (χ0) is 16.1. The number of hydrogen-bond donors (Lipinski definition) is 3. The molecule has 0 spiro atoms. The minimum atomic E-state index is -0.993. The highest BCUT2D eigenvalue weighted by Crippen LogP contribution is 2.11. The lowest BCUT2D eigenvalue weighted by Gasteiger charge is -2.13. The van der Waals surface area contributed by atoms with E-state index in [4.69, 9.17) is 5.11 Å².